The summed E-state index contributed by atoms with van der Waals surface area (Å²) in [4.78, 5) is 29.5. The number of methoxy groups -OCH3 is 1. The Morgan fingerprint density at radius 1 is 0.635 bits per heavy atom. The Balaban J connectivity index is 1.20. The molecule has 17 nitrogen and oxygen atoms in total. The van der Waals surface area contributed by atoms with E-state index in [-0.39, 0.29) is 37.6 Å². The van der Waals surface area contributed by atoms with Crippen LogP contribution in [0.25, 0.3) is 0 Å². The van der Waals surface area contributed by atoms with Gasteiger partial charge in [-0.15, -0.1) is 0 Å². The van der Waals surface area contributed by atoms with Gasteiger partial charge in [0.1, 0.15) is 42.7 Å². The summed E-state index contributed by atoms with van der Waals surface area (Å²) in [6.07, 6.45) is -12.3. The van der Waals surface area contributed by atoms with Gasteiger partial charge in [-0.1, -0.05) is 103 Å². The lowest BCUT2D eigenvalue weighted by molar-refractivity contribution is -0.378. The molecule has 0 saturated carbocycles. The maximum Gasteiger partial charge on any atom is 0.264 e. The van der Waals surface area contributed by atoms with E-state index < -0.39 is 99.7 Å². The Labute approximate surface area is 365 Å². The number of hydrogen-bond donors (Lipinski definition) is 0. The lowest BCUT2D eigenvalue weighted by Gasteiger charge is -2.51. The van der Waals surface area contributed by atoms with Crippen LogP contribution in [0.2, 0.25) is 0 Å². The summed E-state index contributed by atoms with van der Waals surface area (Å²) in [6.45, 7) is -0.306. The molecule has 0 radical (unpaired) electrons. The third kappa shape index (κ3) is 10.4. The fourth-order valence-corrected chi connectivity index (χ4v) is 9.39. The van der Waals surface area contributed by atoms with Gasteiger partial charge in [0.05, 0.1) is 50.1 Å². The SMILES string of the molecule is CO[C@@H]1O[C@H](COCc2ccccc2)[C@@H](O[C@@H]2O[C@@H]3CO[C@H](c4ccccc4)O[C@@H]3[C@H](OS(C)(=O)=O)[C@H]2OS(C)(=O)=O)[C@H](OCc2ccccc2)[C@H]1N1C(=O)c2ccccc2C1=O. The molecule has 3 fully saturated rings. The van der Waals surface area contributed by atoms with Crippen molar-refractivity contribution in [2.75, 3.05) is 32.8 Å². The quantitative estimate of drug-likeness (QED) is 0.116. The van der Waals surface area contributed by atoms with Gasteiger partial charge in [0, 0.05) is 12.7 Å². The first kappa shape index (κ1) is 45.1. The van der Waals surface area contributed by atoms with Crippen LogP contribution in [-0.4, -0.2) is 128 Å². The number of carbonyl (C=O) groups excluding carboxylic acids is 2. The van der Waals surface area contributed by atoms with Crippen LogP contribution in [0.4, 0.5) is 0 Å². The van der Waals surface area contributed by atoms with Crippen molar-refractivity contribution in [1.82, 2.24) is 4.90 Å². The molecule has 4 aliphatic rings. The number of fused-ring (bicyclic) bond motifs is 2. The molecule has 11 atom stereocenters. The fraction of sp³-hybridized carbons (Fsp3) is 0.409. The second-order valence-electron chi connectivity index (χ2n) is 15.4. The maximum absolute atomic E-state index is 14.2. The van der Waals surface area contributed by atoms with Gasteiger partial charge in [0.2, 0.25) is 0 Å². The minimum absolute atomic E-state index is 0.0685. The van der Waals surface area contributed by atoms with Gasteiger partial charge in [-0.2, -0.15) is 16.8 Å². The van der Waals surface area contributed by atoms with Crippen molar-refractivity contribution in [2.45, 2.75) is 80.9 Å². The van der Waals surface area contributed by atoms with E-state index in [9.17, 15) is 26.4 Å². The monoisotopic (exact) mass is 909 g/mol. The van der Waals surface area contributed by atoms with Gasteiger partial charge in [-0.25, -0.2) is 0 Å². The highest BCUT2D eigenvalue weighted by atomic mass is 32.2. The normalized spacial score (nSPS) is 29.9. The minimum Gasteiger partial charge on any atom is -0.374 e. The van der Waals surface area contributed by atoms with Crippen LogP contribution in [-0.2, 0) is 79.7 Å². The number of rotatable bonds is 16. The van der Waals surface area contributed by atoms with Crippen molar-refractivity contribution in [3.8, 4) is 0 Å². The summed E-state index contributed by atoms with van der Waals surface area (Å²) in [5, 5.41) is 0. The lowest BCUT2D eigenvalue weighted by Crippen LogP contribution is -2.69. The molecule has 19 heteroatoms. The molecule has 3 saturated heterocycles. The van der Waals surface area contributed by atoms with Gasteiger partial charge in [0.15, 0.2) is 25.0 Å². The van der Waals surface area contributed by atoms with Crippen molar-refractivity contribution >= 4 is 32.1 Å². The van der Waals surface area contributed by atoms with Crippen molar-refractivity contribution in [2.24, 2.45) is 0 Å². The first-order valence-electron chi connectivity index (χ1n) is 20.1. The molecule has 2 amide bonds. The molecule has 336 valence electrons. The van der Waals surface area contributed by atoms with Crippen LogP contribution in [0.1, 0.15) is 43.7 Å². The molecule has 0 spiro atoms. The van der Waals surface area contributed by atoms with Crippen LogP contribution in [0.15, 0.2) is 115 Å². The number of amides is 2. The second kappa shape index (κ2) is 19.3. The number of ether oxygens (including phenoxy) is 8. The Morgan fingerprint density at radius 3 is 1.78 bits per heavy atom. The van der Waals surface area contributed by atoms with Gasteiger partial charge in [0.25, 0.3) is 32.1 Å². The van der Waals surface area contributed by atoms with Crippen LogP contribution in [0.5, 0.6) is 0 Å². The van der Waals surface area contributed by atoms with Crippen LogP contribution in [0, 0.1) is 0 Å². The van der Waals surface area contributed by atoms with E-state index in [1.54, 1.807) is 42.5 Å². The van der Waals surface area contributed by atoms with Crippen molar-refractivity contribution < 1.29 is 72.7 Å². The summed E-state index contributed by atoms with van der Waals surface area (Å²) in [7, 11) is -7.41. The second-order valence-corrected chi connectivity index (χ2v) is 18.6. The first-order chi connectivity index (χ1) is 30.3. The van der Waals surface area contributed by atoms with Crippen molar-refractivity contribution in [3.63, 3.8) is 0 Å². The van der Waals surface area contributed by atoms with E-state index in [4.69, 9.17) is 46.3 Å². The predicted octanol–water partition coefficient (Wildman–Crippen LogP) is 3.74. The Hall–Kier alpha value is -4.48. The van der Waals surface area contributed by atoms with Crippen molar-refractivity contribution in [3.05, 3.63) is 143 Å². The van der Waals surface area contributed by atoms with Gasteiger partial charge in [-0.3, -0.25) is 22.9 Å². The summed E-state index contributed by atoms with van der Waals surface area (Å²) in [5.74, 6) is -1.28. The van der Waals surface area contributed by atoms with Crippen molar-refractivity contribution in [1.29, 1.82) is 0 Å². The number of imide groups is 1. The zero-order chi connectivity index (χ0) is 44.3. The third-order valence-electron chi connectivity index (χ3n) is 10.9. The molecular weight excluding hydrogens is 863 g/mol. The lowest BCUT2D eigenvalue weighted by atomic mass is 9.93. The van der Waals surface area contributed by atoms with E-state index in [0.717, 1.165) is 28.5 Å². The predicted molar refractivity (Wildman–Crippen MR) is 220 cm³/mol. The van der Waals surface area contributed by atoms with Crippen LogP contribution < -0.4 is 0 Å². The number of carbonyl (C=O) groups is 2. The molecule has 0 N–H and O–H groups in total. The summed E-state index contributed by atoms with van der Waals surface area (Å²) >= 11 is 0. The molecule has 0 aliphatic carbocycles. The zero-order valence-electron chi connectivity index (χ0n) is 34.4. The van der Waals surface area contributed by atoms with E-state index in [1.807, 2.05) is 60.7 Å². The molecule has 4 aliphatic heterocycles. The number of benzene rings is 4. The third-order valence-corrected chi connectivity index (χ3v) is 12.0. The summed E-state index contributed by atoms with van der Waals surface area (Å²) in [6, 6.07) is 32.2. The largest absolute Gasteiger partial charge is 0.374 e. The van der Waals surface area contributed by atoms with Gasteiger partial charge >= 0.3 is 0 Å². The minimum atomic E-state index is -4.42. The highest BCUT2D eigenvalue weighted by Crippen LogP contribution is 2.41. The van der Waals surface area contributed by atoms with E-state index >= 15 is 0 Å². The molecule has 4 aromatic carbocycles. The molecule has 0 bridgehead atoms. The summed E-state index contributed by atoms with van der Waals surface area (Å²) in [5.41, 5.74) is 2.46. The van der Waals surface area contributed by atoms with Gasteiger partial charge < -0.3 is 37.9 Å². The average molecular weight is 910 g/mol. The molecule has 0 aromatic heterocycles. The van der Waals surface area contributed by atoms with Crippen LogP contribution >= 0.6 is 0 Å². The van der Waals surface area contributed by atoms with E-state index in [1.165, 1.54) is 19.2 Å². The fourth-order valence-electron chi connectivity index (χ4n) is 8.17. The Kier molecular flexibility index (Phi) is 13.8. The van der Waals surface area contributed by atoms with E-state index in [2.05, 4.69) is 0 Å². The molecule has 4 aromatic rings. The Morgan fingerprint density at radius 2 is 1.19 bits per heavy atom. The number of hydrogen-bond acceptors (Lipinski definition) is 16. The molecule has 4 heterocycles. The van der Waals surface area contributed by atoms with E-state index in [0.29, 0.717) is 5.56 Å². The van der Waals surface area contributed by atoms with Crippen LogP contribution in [0.3, 0.4) is 0 Å². The molecule has 8 rings (SSSR count). The standard InChI is InChI=1S/C44H47NO16S2/c1-52-43-34(45-40(46)30-21-13-14-22-31(30)41(45)47)37(54-24-28-17-9-5-10-18-28)35(32(56-43)25-53-23-27-15-7-4-8-16-27)59-44-39(61-63(3,50)51)38(60-62(2,48)49)36-33(57-44)26-55-42(58-36)29-19-11-6-12-20-29/h4-22,32-39,42-44H,23-26H2,1-3H3/t32-,33-,34-,35-,36+,37-,38+,39-,42+,43-,44+/m1/s1. The average Bonchev–Trinajstić information content (AvgIpc) is 3.52. The highest BCUT2D eigenvalue weighted by Gasteiger charge is 2.59. The Bertz CT molecular complexity index is 2390. The summed E-state index contributed by atoms with van der Waals surface area (Å²) < 4.78 is 114. The zero-order valence-corrected chi connectivity index (χ0v) is 36.1. The smallest absolute Gasteiger partial charge is 0.264 e. The highest BCUT2D eigenvalue weighted by molar-refractivity contribution is 7.86. The molecule has 63 heavy (non-hydrogen) atoms. The van der Waals surface area contributed by atoms with Gasteiger partial charge in [-0.05, 0) is 23.3 Å². The molecular formula is C44H47NO16S2. The maximum atomic E-state index is 14.2. The first-order valence-corrected chi connectivity index (χ1v) is 23.7. The topological polar surface area (TPSA) is 198 Å². The molecule has 0 unspecified atom stereocenters. The number of nitrogens with zero attached hydrogens (tertiary/aromatic N) is 1.